The Morgan fingerprint density at radius 2 is 1.77 bits per heavy atom. The summed E-state index contributed by atoms with van der Waals surface area (Å²) in [6, 6.07) is 8.36. The van der Waals surface area contributed by atoms with E-state index in [1.807, 2.05) is 0 Å². The first-order valence-electron chi connectivity index (χ1n) is 12.2. The van der Waals surface area contributed by atoms with E-state index in [9.17, 15) is 26.4 Å². The lowest BCUT2D eigenvalue weighted by Gasteiger charge is -2.37. The number of benzene rings is 2. The van der Waals surface area contributed by atoms with E-state index in [4.69, 9.17) is 9.15 Å². The van der Waals surface area contributed by atoms with Crippen molar-refractivity contribution in [2.45, 2.75) is 39.3 Å². The molecule has 1 fully saturated rings. The average molecular weight is 586 g/mol. The van der Waals surface area contributed by atoms with E-state index in [0.717, 1.165) is 26.8 Å². The molecule has 10 nitrogen and oxygen atoms in total. The molecule has 1 aliphatic heterocycles. The summed E-state index contributed by atoms with van der Waals surface area (Å²) in [6.45, 7) is 4.61. The predicted octanol–water partition coefficient (Wildman–Crippen LogP) is 4.76. The smallest absolute Gasteiger partial charge is 0.410 e. The van der Waals surface area contributed by atoms with Gasteiger partial charge in [0.2, 0.25) is 5.89 Å². The summed E-state index contributed by atoms with van der Waals surface area (Å²) < 4.78 is 94.5. The summed E-state index contributed by atoms with van der Waals surface area (Å²) in [6.07, 6.45) is -3.57. The van der Waals surface area contributed by atoms with Gasteiger partial charge >= 0.3 is 22.7 Å². The summed E-state index contributed by atoms with van der Waals surface area (Å²) in [7, 11) is -4.33. The Kier molecular flexibility index (Phi) is 8.35. The molecule has 0 N–H and O–H groups in total. The number of ether oxygens (including phenoxy) is 1. The Morgan fingerprint density at radius 3 is 2.35 bits per heavy atom. The van der Waals surface area contributed by atoms with Gasteiger partial charge in [0.15, 0.2) is 0 Å². The highest BCUT2D eigenvalue weighted by molar-refractivity contribution is 7.90. The largest absolute Gasteiger partial charge is 0.444 e. The van der Waals surface area contributed by atoms with Gasteiger partial charge in [0, 0.05) is 37.3 Å². The number of carbonyl (C=O) groups excluding carboxylic acids is 1. The normalized spacial score (nSPS) is 14.9. The molecule has 0 saturated carbocycles. The minimum Gasteiger partial charge on any atom is -0.444 e. The molecule has 0 spiro atoms. The Labute approximate surface area is 228 Å². The van der Waals surface area contributed by atoms with Crippen molar-refractivity contribution in [1.29, 1.82) is 0 Å². The second-order valence-electron chi connectivity index (χ2n) is 9.91. The number of alkyl halides is 2. The van der Waals surface area contributed by atoms with E-state index in [0.29, 0.717) is 0 Å². The molecule has 0 radical (unpaired) electrons. The second-order valence-corrected chi connectivity index (χ2v) is 11.8. The number of hydrogen-bond donors (Lipinski definition) is 0. The molecule has 0 bridgehead atoms. The Bertz CT molecular complexity index is 1470. The van der Waals surface area contributed by atoms with Crippen LogP contribution in [0.5, 0.6) is 0 Å². The zero-order chi connectivity index (χ0) is 29.2. The van der Waals surface area contributed by atoms with Crippen LogP contribution in [0, 0.1) is 11.6 Å². The maximum Gasteiger partial charge on any atom is 0.410 e. The molecule has 0 aliphatic carbocycles. The van der Waals surface area contributed by atoms with Crippen LogP contribution in [0.4, 0.5) is 28.0 Å². The summed E-state index contributed by atoms with van der Waals surface area (Å²) >= 11 is 0. The molecule has 2 aromatic carbocycles. The van der Waals surface area contributed by atoms with Gasteiger partial charge in [0.25, 0.3) is 5.89 Å². The number of rotatable bonds is 7. The zero-order valence-corrected chi connectivity index (χ0v) is 22.7. The van der Waals surface area contributed by atoms with Crippen LogP contribution < -0.4 is 4.31 Å². The lowest BCUT2D eigenvalue weighted by Crippen LogP contribution is -2.54. The van der Waals surface area contributed by atoms with E-state index in [1.165, 1.54) is 29.2 Å². The summed E-state index contributed by atoms with van der Waals surface area (Å²) in [5.74, 6) is -2.83. The fraction of sp³-hybridized carbons (Fsp3) is 0.400. The highest BCUT2D eigenvalue weighted by Gasteiger charge is 2.35. The van der Waals surface area contributed by atoms with Gasteiger partial charge in [-0.15, -0.1) is 10.2 Å². The van der Waals surface area contributed by atoms with Crippen molar-refractivity contribution in [2.24, 2.45) is 0 Å². The molecule has 2 heterocycles. The van der Waals surface area contributed by atoms with Gasteiger partial charge in [-0.1, -0.05) is 12.1 Å². The minimum absolute atomic E-state index is 0.0130. The summed E-state index contributed by atoms with van der Waals surface area (Å²) in [5.41, 5.74) is -0.837. The van der Waals surface area contributed by atoms with Crippen molar-refractivity contribution in [2.75, 3.05) is 30.5 Å². The predicted molar refractivity (Wildman–Crippen MR) is 136 cm³/mol. The number of nitrogens with zero attached hydrogens (tertiary/aromatic N) is 5. The van der Waals surface area contributed by atoms with Crippen LogP contribution in [-0.4, -0.2) is 65.7 Å². The van der Waals surface area contributed by atoms with Crippen LogP contribution >= 0.6 is 0 Å². The van der Waals surface area contributed by atoms with Gasteiger partial charge in [-0.05, 0) is 51.1 Å². The van der Waals surface area contributed by atoms with Crippen molar-refractivity contribution in [3.8, 4) is 11.5 Å². The van der Waals surface area contributed by atoms with Gasteiger partial charge < -0.3 is 14.1 Å². The summed E-state index contributed by atoms with van der Waals surface area (Å²) in [4.78, 5) is 13.8. The van der Waals surface area contributed by atoms with Crippen molar-refractivity contribution < 1.29 is 39.9 Å². The molecule has 0 unspecified atom stereocenters. The average Bonchev–Trinajstić information content (AvgIpc) is 3.38. The molecule has 1 aliphatic rings. The van der Waals surface area contributed by atoms with Crippen LogP contribution in [-0.2, 0) is 21.5 Å². The van der Waals surface area contributed by atoms with E-state index in [1.54, 1.807) is 20.8 Å². The maximum atomic E-state index is 15.2. The standard InChI is InChI=1S/C25H27F4N5O5S/c1-25(2,3)39-24(35)32-9-11-33(12-10-32)40(36,37)34(19-6-4-5-18(26)14-19)15-17-8-7-16(13-20(17)27)22-30-31-23(38-22)21(28)29/h4-8,13-14,21H,9-12,15H2,1-3H3. The Hall–Kier alpha value is -3.72. The van der Waals surface area contributed by atoms with E-state index in [2.05, 4.69) is 10.2 Å². The molecule has 1 saturated heterocycles. The maximum absolute atomic E-state index is 15.2. The van der Waals surface area contributed by atoms with Crippen LogP contribution in [0.15, 0.2) is 46.9 Å². The van der Waals surface area contributed by atoms with Crippen LogP contribution in [0.3, 0.4) is 0 Å². The molecule has 40 heavy (non-hydrogen) atoms. The second kappa shape index (κ2) is 11.4. The van der Waals surface area contributed by atoms with Gasteiger partial charge in [-0.3, -0.25) is 4.31 Å². The number of carbonyl (C=O) groups is 1. The highest BCUT2D eigenvalue weighted by atomic mass is 32.2. The van der Waals surface area contributed by atoms with Crippen LogP contribution in [0.2, 0.25) is 0 Å². The monoisotopic (exact) mass is 585 g/mol. The van der Waals surface area contributed by atoms with Crippen molar-refractivity contribution in [1.82, 2.24) is 19.4 Å². The van der Waals surface area contributed by atoms with Crippen LogP contribution in [0.1, 0.15) is 38.7 Å². The number of anilines is 1. The number of hydrogen-bond acceptors (Lipinski definition) is 7. The lowest BCUT2D eigenvalue weighted by atomic mass is 10.1. The third kappa shape index (κ3) is 6.70. The third-order valence-electron chi connectivity index (χ3n) is 5.83. The molecule has 1 aromatic heterocycles. The van der Waals surface area contributed by atoms with E-state index in [-0.39, 0.29) is 48.9 Å². The van der Waals surface area contributed by atoms with E-state index < -0.39 is 52.4 Å². The quantitative estimate of drug-likeness (QED) is 0.368. The number of amides is 1. The zero-order valence-electron chi connectivity index (χ0n) is 21.9. The molecule has 216 valence electrons. The molecule has 4 rings (SSSR count). The minimum atomic E-state index is -4.33. The molecular formula is C25H27F4N5O5S. The van der Waals surface area contributed by atoms with Gasteiger partial charge in [0.1, 0.15) is 17.2 Å². The molecule has 3 aromatic rings. The highest BCUT2D eigenvalue weighted by Crippen LogP contribution is 2.29. The van der Waals surface area contributed by atoms with Crippen molar-refractivity contribution in [3.05, 3.63) is 65.6 Å². The fourth-order valence-corrected chi connectivity index (χ4v) is 5.49. The first-order chi connectivity index (χ1) is 18.7. The molecule has 15 heteroatoms. The summed E-state index contributed by atoms with van der Waals surface area (Å²) in [5, 5.41) is 6.69. The first kappa shape index (κ1) is 29.3. The third-order valence-corrected chi connectivity index (χ3v) is 7.75. The molecule has 1 amide bonds. The first-order valence-corrected chi connectivity index (χ1v) is 13.6. The number of piperazine rings is 1. The van der Waals surface area contributed by atoms with E-state index >= 15 is 4.39 Å². The molecule has 0 atom stereocenters. The number of halogens is 4. The Balaban J connectivity index is 1.58. The van der Waals surface area contributed by atoms with Crippen molar-refractivity contribution in [3.63, 3.8) is 0 Å². The topological polar surface area (TPSA) is 109 Å². The van der Waals surface area contributed by atoms with Crippen molar-refractivity contribution >= 4 is 22.0 Å². The fourth-order valence-electron chi connectivity index (χ4n) is 3.91. The Morgan fingerprint density at radius 1 is 1.07 bits per heavy atom. The van der Waals surface area contributed by atoms with Gasteiger partial charge in [-0.2, -0.15) is 21.5 Å². The van der Waals surface area contributed by atoms with Gasteiger partial charge in [-0.25, -0.2) is 13.6 Å². The SMILES string of the molecule is CC(C)(C)OC(=O)N1CCN(S(=O)(=O)N(Cc2ccc(-c3nnc(C(F)F)o3)cc2F)c2cccc(F)c2)CC1. The lowest BCUT2D eigenvalue weighted by molar-refractivity contribution is 0.0192. The van der Waals surface area contributed by atoms with Crippen LogP contribution in [0.25, 0.3) is 11.5 Å². The number of aromatic nitrogens is 2. The van der Waals surface area contributed by atoms with Gasteiger partial charge in [0.05, 0.1) is 12.2 Å². The molecular weight excluding hydrogens is 558 g/mol.